The van der Waals surface area contributed by atoms with Crippen molar-refractivity contribution in [2.24, 2.45) is 0 Å². The van der Waals surface area contributed by atoms with Crippen LogP contribution in [0.2, 0.25) is 0 Å². The number of nitrogens with one attached hydrogen (secondary N) is 1. The van der Waals surface area contributed by atoms with E-state index < -0.39 is 0 Å². The summed E-state index contributed by atoms with van der Waals surface area (Å²) >= 11 is 1.42. The minimum absolute atomic E-state index is 0.128. The quantitative estimate of drug-likeness (QED) is 0.447. The second-order valence-electron chi connectivity index (χ2n) is 8.38. The number of terminal acetylenes is 1. The van der Waals surface area contributed by atoms with Gasteiger partial charge in [0.15, 0.2) is 5.13 Å². The maximum atomic E-state index is 12.5. The van der Waals surface area contributed by atoms with Gasteiger partial charge in [-0.3, -0.25) is 14.6 Å². The van der Waals surface area contributed by atoms with Crippen molar-refractivity contribution in [2.45, 2.75) is 19.8 Å². The van der Waals surface area contributed by atoms with Gasteiger partial charge in [-0.15, -0.1) is 6.42 Å². The zero-order valence-electron chi connectivity index (χ0n) is 19.5. The first-order valence-electron chi connectivity index (χ1n) is 11.0. The predicted molar refractivity (Wildman–Crippen MR) is 136 cm³/mol. The van der Waals surface area contributed by atoms with Gasteiger partial charge in [-0.2, -0.15) is 5.10 Å². The minimum atomic E-state index is -0.170. The van der Waals surface area contributed by atoms with E-state index in [9.17, 15) is 9.59 Å². The average Bonchev–Trinajstić information content (AvgIpc) is 3.44. The molecule has 0 saturated carbocycles. The highest BCUT2D eigenvalue weighted by molar-refractivity contribution is 7.19. The van der Waals surface area contributed by atoms with Gasteiger partial charge in [0.05, 0.1) is 33.2 Å². The maximum absolute atomic E-state index is 12.5. The van der Waals surface area contributed by atoms with Crippen LogP contribution in [-0.2, 0) is 17.6 Å². The Balaban J connectivity index is 1.74. The Hall–Kier alpha value is -4.29. The molecule has 1 aromatic carbocycles. The molecule has 0 fully saturated rings. The number of fused-ring (bicyclic) bond motifs is 3. The highest BCUT2D eigenvalue weighted by atomic mass is 32.1. The van der Waals surface area contributed by atoms with Gasteiger partial charge in [-0.05, 0) is 43.2 Å². The van der Waals surface area contributed by atoms with Crippen LogP contribution in [0, 0.1) is 12.3 Å². The van der Waals surface area contributed by atoms with Crippen LogP contribution in [-0.4, -0.2) is 50.6 Å². The van der Waals surface area contributed by atoms with Crippen LogP contribution in [0.15, 0.2) is 42.7 Å². The van der Waals surface area contributed by atoms with Crippen molar-refractivity contribution in [2.75, 3.05) is 19.4 Å². The number of hydrogen-bond acceptors (Lipinski definition) is 6. The number of benzene rings is 1. The number of aryl methyl sites for hydroxylation is 1. The third-order valence-electron chi connectivity index (χ3n) is 5.76. The summed E-state index contributed by atoms with van der Waals surface area (Å²) in [5.74, 6) is 2.43. The molecule has 9 heteroatoms. The van der Waals surface area contributed by atoms with Crippen molar-refractivity contribution in [3.8, 4) is 39.9 Å². The Morgan fingerprint density at radius 3 is 2.74 bits per heavy atom. The van der Waals surface area contributed by atoms with Crippen LogP contribution in [0.5, 0.6) is 0 Å². The first kappa shape index (κ1) is 22.5. The molecule has 3 heterocycles. The summed E-state index contributed by atoms with van der Waals surface area (Å²) in [7, 11) is 3.40. The van der Waals surface area contributed by atoms with Gasteiger partial charge in [0.25, 0.3) is 5.91 Å². The van der Waals surface area contributed by atoms with E-state index in [1.54, 1.807) is 38.6 Å². The van der Waals surface area contributed by atoms with E-state index in [1.807, 2.05) is 22.9 Å². The molecule has 0 spiro atoms. The number of hydrogen-bond donors (Lipinski definition) is 1. The summed E-state index contributed by atoms with van der Waals surface area (Å²) in [4.78, 5) is 35.5. The third-order valence-corrected chi connectivity index (χ3v) is 6.78. The summed E-state index contributed by atoms with van der Waals surface area (Å²) < 4.78 is 1.84. The van der Waals surface area contributed by atoms with E-state index in [0.717, 1.165) is 45.9 Å². The molecule has 0 unspecified atom stereocenters. The molecule has 8 nitrogen and oxygen atoms in total. The first-order valence-corrected chi connectivity index (χ1v) is 11.8. The summed E-state index contributed by atoms with van der Waals surface area (Å²) in [6.07, 6.45) is 10.9. The molecule has 2 amide bonds. The zero-order chi connectivity index (χ0) is 24.7. The number of nitrogens with zero attached hydrogens (tertiary/aromatic N) is 5. The second kappa shape index (κ2) is 8.81. The Morgan fingerprint density at radius 1 is 1.23 bits per heavy atom. The van der Waals surface area contributed by atoms with Crippen molar-refractivity contribution < 1.29 is 9.59 Å². The van der Waals surface area contributed by atoms with Gasteiger partial charge in [0.1, 0.15) is 0 Å². The lowest BCUT2D eigenvalue weighted by Crippen LogP contribution is -2.21. The Morgan fingerprint density at radius 2 is 2.06 bits per heavy atom. The minimum Gasteiger partial charge on any atom is -0.345 e. The van der Waals surface area contributed by atoms with E-state index in [0.29, 0.717) is 21.9 Å². The number of pyridine rings is 1. The van der Waals surface area contributed by atoms with Gasteiger partial charge < -0.3 is 10.2 Å². The van der Waals surface area contributed by atoms with Crippen molar-refractivity contribution in [3.63, 3.8) is 0 Å². The largest absolute Gasteiger partial charge is 0.345 e. The molecule has 0 radical (unpaired) electrons. The number of carbonyl (C=O) groups excluding carboxylic acids is 2. The third kappa shape index (κ3) is 3.98. The van der Waals surface area contributed by atoms with Crippen LogP contribution in [0.4, 0.5) is 5.13 Å². The van der Waals surface area contributed by atoms with Crippen LogP contribution in [0.3, 0.4) is 0 Å². The molecule has 1 N–H and O–H groups in total. The summed E-state index contributed by atoms with van der Waals surface area (Å²) in [5, 5.41) is 8.35. The van der Waals surface area contributed by atoms with Crippen LogP contribution < -0.4 is 5.32 Å². The molecule has 3 aromatic heterocycles. The predicted octanol–water partition coefficient (Wildman–Crippen LogP) is 3.80. The molecule has 1 aliphatic rings. The Kier molecular flexibility index (Phi) is 5.67. The monoisotopic (exact) mass is 482 g/mol. The van der Waals surface area contributed by atoms with Gasteiger partial charge in [0, 0.05) is 50.1 Å². The van der Waals surface area contributed by atoms with Crippen molar-refractivity contribution in [1.29, 1.82) is 0 Å². The first-order chi connectivity index (χ1) is 16.9. The highest BCUT2D eigenvalue weighted by Gasteiger charge is 2.30. The molecule has 5 rings (SSSR count). The molecular formula is C26H22N6O2S. The molecule has 35 heavy (non-hydrogen) atoms. The molecule has 174 valence electrons. The SMILES string of the molecule is C#Cc1cc(C(=O)N(C)C)ccc1-n1nc(-c2cccnc2)c2c1-c1sc(NC(C)=O)nc1CC2. The number of anilines is 1. The average molecular weight is 483 g/mol. The fourth-order valence-corrected chi connectivity index (χ4v) is 5.33. The molecule has 1 aliphatic carbocycles. The summed E-state index contributed by atoms with van der Waals surface area (Å²) in [5.41, 5.74) is 6.35. The van der Waals surface area contributed by atoms with Gasteiger partial charge in [-0.25, -0.2) is 9.67 Å². The van der Waals surface area contributed by atoms with E-state index in [-0.39, 0.29) is 11.8 Å². The standard InChI is InChI=1S/C26H22N6O2S/c1-5-16-13-17(25(34)31(3)4)8-11-21(16)32-23-19(22(30-32)18-7-6-12-27-14-18)9-10-20-24(23)35-26(29-20)28-15(2)33/h1,6-8,11-14H,9-10H2,2-4H3,(H,28,29,33). The van der Waals surface area contributed by atoms with E-state index >= 15 is 0 Å². The lowest BCUT2D eigenvalue weighted by molar-refractivity contribution is -0.114. The Labute approximate surface area is 206 Å². The molecule has 0 atom stereocenters. The topological polar surface area (TPSA) is 93.0 Å². The molecule has 4 aromatic rings. The number of thiazole rings is 1. The lowest BCUT2D eigenvalue weighted by Gasteiger charge is -2.16. The van der Waals surface area contributed by atoms with Crippen molar-refractivity contribution >= 4 is 28.3 Å². The van der Waals surface area contributed by atoms with E-state index in [4.69, 9.17) is 11.5 Å². The number of aromatic nitrogens is 4. The molecule has 0 saturated heterocycles. The summed E-state index contributed by atoms with van der Waals surface area (Å²) in [6.45, 7) is 1.46. The second-order valence-corrected chi connectivity index (χ2v) is 9.38. The smallest absolute Gasteiger partial charge is 0.253 e. The number of rotatable bonds is 4. The zero-order valence-corrected chi connectivity index (χ0v) is 20.3. The van der Waals surface area contributed by atoms with Crippen molar-refractivity contribution in [1.82, 2.24) is 24.6 Å². The normalized spacial score (nSPS) is 11.8. The van der Waals surface area contributed by atoms with E-state index in [2.05, 4.69) is 21.2 Å². The van der Waals surface area contributed by atoms with Crippen molar-refractivity contribution in [3.05, 3.63) is 65.1 Å². The van der Waals surface area contributed by atoms with Crippen LogP contribution in [0.25, 0.3) is 27.5 Å². The van der Waals surface area contributed by atoms with Gasteiger partial charge in [0.2, 0.25) is 5.91 Å². The van der Waals surface area contributed by atoms with Gasteiger partial charge >= 0.3 is 0 Å². The number of carbonyl (C=O) groups is 2. The molecule has 0 bridgehead atoms. The van der Waals surface area contributed by atoms with Gasteiger partial charge in [-0.1, -0.05) is 17.3 Å². The summed E-state index contributed by atoms with van der Waals surface area (Å²) in [6, 6.07) is 9.16. The maximum Gasteiger partial charge on any atom is 0.253 e. The highest BCUT2D eigenvalue weighted by Crippen LogP contribution is 2.44. The molecular weight excluding hydrogens is 460 g/mol. The van der Waals surface area contributed by atoms with E-state index in [1.165, 1.54) is 23.2 Å². The fraction of sp³-hybridized carbons (Fsp3) is 0.192. The fourth-order valence-electron chi connectivity index (χ4n) is 4.21. The van der Waals surface area contributed by atoms with Crippen LogP contribution in [0.1, 0.15) is 34.1 Å². The number of amides is 2. The molecule has 0 aliphatic heterocycles. The Bertz CT molecular complexity index is 1510. The van der Waals surface area contributed by atoms with Crippen LogP contribution >= 0.6 is 11.3 Å². The lowest BCUT2D eigenvalue weighted by atomic mass is 9.95.